The highest BCUT2D eigenvalue weighted by Gasteiger charge is 2.24. The maximum atomic E-state index is 9.89. The standard InChI is InChI=1S/C15H26N4O2/c1-15(2,20)12-18-7-5-17(6-8-18)11-13-10-16-19-4-3-9-21-14(13)19/h10,20H,3-9,11-12H2,1-2H3. The maximum absolute atomic E-state index is 9.89. The molecule has 1 N–H and O–H groups in total. The van der Waals surface area contributed by atoms with Gasteiger partial charge in [0.1, 0.15) is 0 Å². The van der Waals surface area contributed by atoms with Gasteiger partial charge in [0.25, 0.3) is 0 Å². The van der Waals surface area contributed by atoms with Gasteiger partial charge in [0, 0.05) is 57.8 Å². The van der Waals surface area contributed by atoms with Crippen LogP contribution in [0.3, 0.4) is 0 Å². The zero-order valence-corrected chi connectivity index (χ0v) is 13.1. The van der Waals surface area contributed by atoms with Crippen molar-refractivity contribution in [2.45, 2.75) is 39.0 Å². The maximum Gasteiger partial charge on any atom is 0.216 e. The number of fused-ring (bicyclic) bond motifs is 1. The first-order chi connectivity index (χ1) is 10.0. The summed E-state index contributed by atoms with van der Waals surface area (Å²) in [6.07, 6.45) is 2.99. The van der Waals surface area contributed by atoms with Gasteiger partial charge < -0.3 is 9.84 Å². The molecule has 6 nitrogen and oxygen atoms in total. The lowest BCUT2D eigenvalue weighted by atomic mass is 10.1. The van der Waals surface area contributed by atoms with Gasteiger partial charge in [0.05, 0.1) is 18.4 Å². The van der Waals surface area contributed by atoms with Crippen LogP contribution in [0.5, 0.6) is 5.88 Å². The van der Waals surface area contributed by atoms with E-state index in [-0.39, 0.29) is 0 Å². The predicted octanol–water partition coefficient (Wildman–Crippen LogP) is 0.554. The lowest BCUT2D eigenvalue weighted by Gasteiger charge is -2.37. The Morgan fingerprint density at radius 2 is 1.90 bits per heavy atom. The Labute approximate surface area is 126 Å². The minimum atomic E-state index is -0.610. The molecule has 0 radical (unpaired) electrons. The van der Waals surface area contributed by atoms with Crippen molar-refractivity contribution >= 4 is 0 Å². The molecule has 2 aliphatic heterocycles. The van der Waals surface area contributed by atoms with E-state index in [0.717, 1.165) is 64.7 Å². The fourth-order valence-electron chi connectivity index (χ4n) is 3.12. The molecule has 0 unspecified atom stereocenters. The second-order valence-corrected chi connectivity index (χ2v) is 6.76. The number of hydrogen-bond acceptors (Lipinski definition) is 5. The molecule has 1 aromatic heterocycles. The Morgan fingerprint density at radius 1 is 1.19 bits per heavy atom. The van der Waals surface area contributed by atoms with Gasteiger partial charge >= 0.3 is 0 Å². The third-order valence-electron chi connectivity index (χ3n) is 4.08. The Morgan fingerprint density at radius 3 is 2.62 bits per heavy atom. The molecule has 1 saturated heterocycles. The van der Waals surface area contributed by atoms with E-state index in [4.69, 9.17) is 4.74 Å². The van der Waals surface area contributed by atoms with Crippen molar-refractivity contribution in [3.8, 4) is 5.88 Å². The van der Waals surface area contributed by atoms with Crippen molar-refractivity contribution in [1.29, 1.82) is 0 Å². The highest BCUT2D eigenvalue weighted by atomic mass is 16.5. The van der Waals surface area contributed by atoms with E-state index in [9.17, 15) is 5.11 Å². The largest absolute Gasteiger partial charge is 0.478 e. The number of aryl methyl sites for hydroxylation is 1. The van der Waals surface area contributed by atoms with Crippen LogP contribution in [0, 0.1) is 0 Å². The van der Waals surface area contributed by atoms with E-state index in [1.54, 1.807) is 0 Å². The highest BCUT2D eigenvalue weighted by molar-refractivity contribution is 5.25. The normalized spacial score (nSPS) is 21.1. The molecule has 0 spiro atoms. The predicted molar refractivity (Wildman–Crippen MR) is 80.4 cm³/mol. The van der Waals surface area contributed by atoms with E-state index >= 15 is 0 Å². The summed E-state index contributed by atoms with van der Waals surface area (Å²) in [5.41, 5.74) is 0.590. The summed E-state index contributed by atoms with van der Waals surface area (Å²) in [5, 5.41) is 14.3. The number of aliphatic hydroxyl groups is 1. The molecule has 118 valence electrons. The fraction of sp³-hybridized carbons (Fsp3) is 0.800. The molecule has 0 atom stereocenters. The number of piperazine rings is 1. The van der Waals surface area contributed by atoms with Crippen LogP contribution in [0.25, 0.3) is 0 Å². The molecule has 3 rings (SSSR count). The summed E-state index contributed by atoms with van der Waals surface area (Å²) in [7, 11) is 0. The lowest BCUT2D eigenvalue weighted by Crippen LogP contribution is -2.50. The van der Waals surface area contributed by atoms with Crippen molar-refractivity contribution in [2.75, 3.05) is 39.3 Å². The summed E-state index contributed by atoms with van der Waals surface area (Å²) in [4.78, 5) is 4.77. The van der Waals surface area contributed by atoms with Crippen LogP contribution in [-0.2, 0) is 13.1 Å². The molecule has 1 fully saturated rings. The van der Waals surface area contributed by atoms with Crippen LogP contribution >= 0.6 is 0 Å². The summed E-state index contributed by atoms with van der Waals surface area (Å²) < 4.78 is 7.73. The van der Waals surface area contributed by atoms with Crippen LogP contribution in [0.15, 0.2) is 6.20 Å². The molecule has 1 aromatic rings. The molecular formula is C15H26N4O2. The Bertz CT molecular complexity index is 473. The van der Waals surface area contributed by atoms with Crippen LogP contribution in [0.1, 0.15) is 25.8 Å². The number of ether oxygens (including phenoxy) is 1. The molecule has 21 heavy (non-hydrogen) atoms. The molecule has 0 amide bonds. The van der Waals surface area contributed by atoms with Crippen molar-refractivity contribution in [2.24, 2.45) is 0 Å². The average molecular weight is 294 g/mol. The van der Waals surface area contributed by atoms with E-state index in [1.807, 2.05) is 24.7 Å². The molecule has 6 heteroatoms. The van der Waals surface area contributed by atoms with Crippen LogP contribution in [0.2, 0.25) is 0 Å². The molecule has 3 heterocycles. The van der Waals surface area contributed by atoms with Gasteiger partial charge in [0.2, 0.25) is 5.88 Å². The minimum Gasteiger partial charge on any atom is -0.478 e. The third-order valence-corrected chi connectivity index (χ3v) is 4.08. The van der Waals surface area contributed by atoms with Gasteiger partial charge in [-0.25, -0.2) is 4.68 Å². The lowest BCUT2D eigenvalue weighted by molar-refractivity contribution is 0.0165. The number of aromatic nitrogens is 2. The van der Waals surface area contributed by atoms with Gasteiger partial charge in [-0.3, -0.25) is 9.80 Å². The van der Waals surface area contributed by atoms with Crippen molar-refractivity contribution in [1.82, 2.24) is 19.6 Å². The number of β-amino-alcohol motifs (C(OH)–C–C–N with tert-alkyl or cyclic N) is 1. The third kappa shape index (κ3) is 3.75. The molecular weight excluding hydrogens is 268 g/mol. The van der Waals surface area contributed by atoms with E-state index in [0.29, 0.717) is 0 Å². The van der Waals surface area contributed by atoms with Crippen LogP contribution < -0.4 is 4.74 Å². The van der Waals surface area contributed by atoms with Crippen LogP contribution in [0.4, 0.5) is 0 Å². The van der Waals surface area contributed by atoms with Gasteiger partial charge in [-0.2, -0.15) is 5.10 Å². The van der Waals surface area contributed by atoms with Gasteiger partial charge in [0.15, 0.2) is 0 Å². The van der Waals surface area contributed by atoms with Gasteiger partial charge in [-0.15, -0.1) is 0 Å². The first-order valence-corrected chi connectivity index (χ1v) is 7.86. The second kappa shape index (κ2) is 5.94. The van der Waals surface area contributed by atoms with E-state index in [2.05, 4.69) is 14.9 Å². The summed E-state index contributed by atoms with van der Waals surface area (Å²) in [6, 6.07) is 0. The first kappa shape index (κ1) is 14.8. The van der Waals surface area contributed by atoms with Crippen molar-refractivity contribution in [3.63, 3.8) is 0 Å². The number of nitrogens with zero attached hydrogens (tertiary/aromatic N) is 4. The first-order valence-electron chi connectivity index (χ1n) is 7.86. The SMILES string of the molecule is CC(C)(O)CN1CCN(Cc2cnn3c2OCCC3)CC1. The number of rotatable bonds is 4. The Hall–Kier alpha value is -1.11. The monoisotopic (exact) mass is 294 g/mol. The fourth-order valence-corrected chi connectivity index (χ4v) is 3.12. The highest BCUT2D eigenvalue weighted by Crippen LogP contribution is 2.24. The molecule has 0 bridgehead atoms. The van der Waals surface area contributed by atoms with E-state index < -0.39 is 5.60 Å². The number of hydrogen-bond donors (Lipinski definition) is 1. The molecule has 0 aromatic carbocycles. The summed E-state index contributed by atoms with van der Waals surface area (Å²) in [5.74, 6) is 0.958. The smallest absolute Gasteiger partial charge is 0.216 e. The van der Waals surface area contributed by atoms with Crippen molar-refractivity contribution < 1.29 is 9.84 Å². The molecule has 0 saturated carbocycles. The Kier molecular flexibility index (Phi) is 4.19. The topological polar surface area (TPSA) is 53.8 Å². The van der Waals surface area contributed by atoms with Gasteiger partial charge in [-0.05, 0) is 13.8 Å². The van der Waals surface area contributed by atoms with Crippen molar-refractivity contribution in [3.05, 3.63) is 11.8 Å². The minimum absolute atomic E-state index is 0.610. The van der Waals surface area contributed by atoms with Gasteiger partial charge in [-0.1, -0.05) is 0 Å². The zero-order valence-electron chi connectivity index (χ0n) is 13.1. The second-order valence-electron chi connectivity index (χ2n) is 6.76. The Balaban J connectivity index is 1.53. The van der Waals surface area contributed by atoms with Crippen LogP contribution in [-0.4, -0.2) is 69.6 Å². The quantitative estimate of drug-likeness (QED) is 0.879. The molecule has 2 aliphatic rings. The average Bonchev–Trinajstić information content (AvgIpc) is 2.83. The molecule has 0 aliphatic carbocycles. The summed E-state index contributed by atoms with van der Waals surface area (Å²) >= 11 is 0. The van der Waals surface area contributed by atoms with E-state index in [1.165, 1.54) is 5.56 Å². The summed E-state index contributed by atoms with van der Waals surface area (Å²) in [6.45, 7) is 11.2. The zero-order chi connectivity index (χ0) is 14.9.